The van der Waals surface area contributed by atoms with Crippen LogP contribution in [0.25, 0.3) is 5.57 Å². The molecule has 3 aliphatic rings. The molecule has 1 heterocycles. The topological polar surface area (TPSA) is 100 Å². The number of allylic oxidation sites excluding steroid dienone is 2. The molecule has 1 aliphatic heterocycles. The van der Waals surface area contributed by atoms with Crippen molar-refractivity contribution in [2.24, 2.45) is 17.3 Å². The molecule has 0 aromatic heterocycles. The lowest BCUT2D eigenvalue weighted by Crippen LogP contribution is -2.49. The highest BCUT2D eigenvalue weighted by atomic mass is 35.5. The number of aryl methyl sites for hydroxylation is 2. The van der Waals surface area contributed by atoms with Gasteiger partial charge in [-0.1, -0.05) is 55.3 Å². The molecule has 2 unspecified atom stereocenters. The van der Waals surface area contributed by atoms with Crippen molar-refractivity contribution in [3.63, 3.8) is 0 Å². The number of alkyl halides is 3. The van der Waals surface area contributed by atoms with E-state index in [1.807, 2.05) is 32.0 Å². The molecule has 296 valence electrons. The van der Waals surface area contributed by atoms with Crippen LogP contribution in [0.2, 0.25) is 0 Å². The fourth-order valence-electron chi connectivity index (χ4n) is 6.82. The number of rotatable bonds is 8. The Morgan fingerprint density at radius 3 is 2.11 bits per heavy atom. The number of hydrogen-bond acceptors (Lipinski definition) is 7. The summed E-state index contributed by atoms with van der Waals surface area (Å²) in [6, 6.07) is 5.93. The monoisotopic (exact) mass is 791 g/mol. The standard InChI is InChI=1S/C21H27NO5.C17H14ClF7O2/c1-5-26-20(24)27-18-17(16-12-13(2)6-7-14(16)3)19(23)22-21(18)10-8-15(25-4)9-11-21;1-6-11(19)13(21)7(14(22)12(6)20)5-27-15(26)10-8(16(10,2)3)4-9(18)17(23,24)25/h6-7,12,15H,5,8-11H2,1-4H3,(H,22,23);4,8,10H,5H2,1-3H3/b;9-4-/t15-,21+;. The first-order chi connectivity index (χ1) is 25.1. The number of esters is 1. The van der Waals surface area contributed by atoms with Gasteiger partial charge in [0.25, 0.3) is 5.91 Å². The largest absolute Gasteiger partial charge is 0.513 e. The molecule has 0 bridgehead atoms. The van der Waals surface area contributed by atoms with Crippen LogP contribution in [0.5, 0.6) is 0 Å². The molecule has 54 heavy (non-hydrogen) atoms. The van der Waals surface area contributed by atoms with Crippen molar-refractivity contribution in [1.82, 2.24) is 5.32 Å². The van der Waals surface area contributed by atoms with Crippen molar-refractivity contribution < 1.29 is 64.1 Å². The molecule has 2 aromatic carbocycles. The van der Waals surface area contributed by atoms with Crippen molar-refractivity contribution in [1.29, 1.82) is 0 Å². The predicted octanol–water partition coefficient (Wildman–Crippen LogP) is 9.20. The summed E-state index contributed by atoms with van der Waals surface area (Å²) in [6.07, 6.45) is -1.86. The van der Waals surface area contributed by atoms with E-state index in [0.717, 1.165) is 36.5 Å². The Labute approximate surface area is 313 Å². The summed E-state index contributed by atoms with van der Waals surface area (Å²) in [5, 5.41) is 1.70. The average molecular weight is 792 g/mol. The van der Waals surface area contributed by atoms with E-state index in [1.54, 1.807) is 14.0 Å². The van der Waals surface area contributed by atoms with Crippen LogP contribution in [-0.4, -0.2) is 49.6 Å². The highest BCUT2D eigenvalue weighted by molar-refractivity contribution is 6.30. The number of amides is 1. The van der Waals surface area contributed by atoms with E-state index in [4.69, 9.17) is 30.5 Å². The smallest absolute Gasteiger partial charge is 0.460 e. The van der Waals surface area contributed by atoms with Gasteiger partial charge >= 0.3 is 18.3 Å². The van der Waals surface area contributed by atoms with E-state index in [9.17, 15) is 45.1 Å². The first-order valence-electron chi connectivity index (χ1n) is 17.1. The number of halogens is 8. The number of carbonyl (C=O) groups excluding carboxylic acids is 3. The third kappa shape index (κ3) is 8.72. The Hall–Kier alpha value is -4.11. The summed E-state index contributed by atoms with van der Waals surface area (Å²) in [5.74, 6) is -9.51. The first kappa shape index (κ1) is 42.6. The minimum absolute atomic E-state index is 0.154. The zero-order chi connectivity index (χ0) is 40.5. The lowest BCUT2D eigenvalue weighted by molar-refractivity contribution is -0.147. The molecule has 16 heteroatoms. The van der Waals surface area contributed by atoms with Gasteiger partial charge in [0, 0.05) is 12.7 Å². The molecule has 0 saturated heterocycles. The van der Waals surface area contributed by atoms with Gasteiger partial charge in [-0.25, -0.2) is 22.4 Å². The predicted molar refractivity (Wildman–Crippen MR) is 183 cm³/mol. The Morgan fingerprint density at radius 1 is 0.981 bits per heavy atom. The number of benzene rings is 2. The zero-order valence-corrected chi connectivity index (χ0v) is 31.4. The second-order valence-corrected chi connectivity index (χ2v) is 14.5. The molecule has 1 N–H and O–H groups in total. The van der Waals surface area contributed by atoms with Crippen LogP contribution in [0.3, 0.4) is 0 Å². The SMILES string of the molecule is CCOC(=O)OC1=C(c2cc(C)ccc2C)C(=O)N[C@]12CC[C@@H](OC)CC2.Cc1c(F)c(F)c(COC(=O)C2C(/C=C(\Cl)C(F)(F)F)C2(C)C)c(F)c1F. The summed E-state index contributed by atoms with van der Waals surface area (Å²) >= 11 is 5.15. The van der Waals surface area contributed by atoms with Crippen LogP contribution >= 0.6 is 11.6 Å². The average Bonchev–Trinajstić information content (AvgIpc) is 3.55. The minimum atomic E-state index is -4.78. The molecule has 2 aromatic rings. The second kappa shape index (κ2) is 16.3. The molecule has 0 radical (unpaired) electrons. The molecular weight excluding hydrogens is 751 g/mol. The Bertz CT molecular complexity index is 1840. The van der Waals surface area contributed by atoms with Crippen LogP contribution in [0.1, 0.15) is 74.3 Å². The van der Waals surface area contributed by atoms with Gasteiger partial charge in [-0.15, -0.1) is 0 Å². The quantitative estimate of drug-likeness (QED) is 0.162. The van der Waals surface area contributed by atoms with Gasteiger partial charge in [0.05, 0.1) is 35.3 Å². The van der Waals surface area contributed by atoms with Crippen LogP contribution in [0, 0.1) is 61.3 Å². The molecule has 2 fully saturated rings. The number of methoxy groups -OCH3 is 1. The van der Waals surface area contributed by atoms with Crippen molar-refractivity contribution >= 4 is 35.2 Å². The number of carbonyl (C=O) groups is 3. The summed E-state index contributed by atoms with van der Waals surface area (Å²) < 4.78 is 113. The number of ether oxygens (including phenoxy) is 4. The van der Waals surface area contributed by atoms with E-state index in [0.29, 0.717) is 30.2 Å². The lowest BCUT2D eigenvalue weighted by Gasteiger charge is -2.37. The van der Waals surface area contributed by atoms with Gasteiger partial charge in [-0.3, -0.25) is 9.59 Å². The Morgan fingerprint density at radius 2 is 1.57 bits per heavy atom. The third-order valence-corrected chi connectivity index (χ3v) is 10.5. The van der Waals surface area contributed by atoms with Gasteiger partial charge in [0.1, 0.15) is 17.4 Å². The zero-order valence-electron chi connectivity index (χ0n) is 30.7. The molecule has 1 spiro atoms. The van der Waals surface area contributed by atoms with Crippen molar-refractivity contribution in [3.8, 4) is 0 Å². The summed E-state index contributed by atoms with van der Waals surface area (Å²) in [4.78, 5) is 37.2. The van der Waals surface area contributed by atoms with Crippen molar-refractivity contribution in [2.45, 2.75) is 91.7 Å². The molecule has 2 aliphatic carbocycles. The highest BCUT2D eigenvalue weighted by Crippen LogP contribution is 2.60. The lowest BCUT2D eigenvalue weighted by atomic mass is 9.79. The van der Waals surface area contributed by atoms with E-state index >= 15 is 0 Å². The maximum atomic E-state index is 13.8. The Kier molecular flexibility index (Phi) is 12.9. The minimum Gasteiger partial charge on any atom is -0.460 e. The van der Waals surface area contributed by atoms with Crippen LogP contribution in [0.15, 0.2) is 35.1 Å². The third-order valence-electron chi connectivity index (χ3n) is 10.2. The summed E-state index contributed by atoms with van der Waals surface area (Å²) in [7, 11) is 1.70. The van der Waals surface area contributed by atoms with E-state index in [-0.39, 0.29) is 18.6 Å². The van der Waals surface area contributed by atoms with Gasteiger partial charge in [-0.05, 0) is 75.8 Å². The molecular formula is C38H41ClF7NO7. The van der Waals surface area contributed by atoms with E-state index in [1.165, 1.54) is 13.8 Å². The van der Waals surface area contributed by atoms with E-state index in [2.05, 4.69) is 5.32 Å². The maximum Gasteiger partial charge on any atom is 0.513 e. The number of hydrogen-bond donors (Lipinski definition) is 1. The first-order valence-corrected chi connectivity index (χ1v) is 17.4. The van der Waals surface area contributed by atoms with Crippen LogP contribution in [-0.2, 0) is 35.1 Å². The van der Waals surface area contributed by atoms with E-state index < -0.39 is 87.1 Å². The van der Waals surface area contributed by atoms with Gasteiger partial charge in [-0.2, -0.15) is 13.2 Å². The normalized spacial score (nSPS) is 20.6. The number of nitrogens with one attached hydrogen (secondary N) is 1. The molecule has 8 nitrogen and oxygen atoms in total. The van der Waals surface area contributed by atoms with Crippen molar-refractivity contribution in [2.75, 3.05) is 13.7 Å². The summed E-state index contributed by atoms with van der Waals surface area (Å²) in [5.41, 5.74) is -0.405. The second-order valence-electron chi connectivity index (χ2n) is 14.1. The van der Waals surface area contributed by atoms with Gasteiger partial charge < -0.3 is 24.3 Å². The van der Waals surface area contributed by atoms with Crippen LogP contribution < -0.4 is 5.32 Å². The molecule has 2 saturated carbocycles. The highest BCUT2D eigenvalue weighted by Gasteiger charge is 2.62. The van der Waals surface area contributed by atoms with Crippen LogP contribution in [0.4, 0.5) is 35.5 Å². The fourth-order valence-corrected chi connectivity index (χ4v) is 6.95. The van der Waals surface area contributed by atoms with Crippen molar-refractivity contribution in [3.05, 3.63) is 86.2 Å². The molecule has 2 atom stereocenters. The fraction of sp³-hybridized carbons (Fsp3) is 0.500. The molecule has 5 rings (SSSR count). The van der Waals surface area contributed by atoms with Gasteiger partial charge in [0.2, 0.25) is 0 Å². The molecule has 1 amide bonds. The summed E-state index contributed by atoms with van der Waals surface area (Å²) in [6.45, 7) is 8.54. The Balaban J connectivity index is 0.000000241. The maximum absolute atomic E-state index is 13.8. The van der Waals surface area contributed by atoms with Gasteiger partial charge in [0.15, 0.2) is 23.3 Å².